The average Bonchev–Trinajstić information content (AvgIpc) is 2.56. The molecule has 0 amide bonds. The number of benzene rings is 2. The number of carbonyl (C=O) groups is 1. The largest absolute Gasteiger partial charge is 0.478 e. The first-order chi connectivity index (χ1) is 11.8. The second kappa shape index (κ2) is 8.74. The Bertz CT molecular complexity index is 849. The van der Waals surface area contributed by atoms with Crippen LogP contribution < -0.4 is 0 Å². The van der Waals surface area contributed by atoms with E-state index in [1.54, 1.807) is 0 Å². The molecule has 1 N–H and O–H groups in total. The Balaban J connectivity index is 2.59. The van der Waals surface area contributed by atoms with Crippen LogP contribution in [-0.2, 0) is 15.5 Å². The number of hydrogen-bond acceptors (Lipinski definition) is 4. The van der Waals surface area contributed by atoms with Crippen molar-refractivity contribution in [3.8, 4) is 0 Å². The molecule has 0 aromatic heterocycles. The van der Waals surface area contributed by atoms with Crippen molar-refractivity contribution < 1.29 is 18.3 Å². The van der Waals surface area contributed by atoms with Gasteiger partial charge in [-0.05, 0) is 41.9 Å². The van der Waals surface area contributed by atoms with Gasteiger partial charge in [0, 0.05) is 15.6 Å². The summed E-state index contributed by atoms with van der Waals surface area (Å²) in [6.45, 7) is 2.06. The third-order valence-corrected chi connectivity index (χ3v) is 6.21. The predicted molar refractivity (Wildman–Crippen MR) is 101 cm³/mol. The van der Waals surface area contributed by atoms with Gasteiger partial charge in [-0.25, -0.2) is 13.2 Å². The van der Waals surface area contributed by atoms with E-state index in [9.17, 15) is 18.3 Å². The lowest BCUT2D eigenvalue weighted by Crippen LogP contribution is -2.06. The number of unbranched alkanes of at least 4 members (excludes halogenated alkanes) is 1. The van der Waals surface area contributed by atoms with E-state index in [4.69, 9.17) is 10.7 Å². The van der Waals surface area contributed by atoms with Crippen LogP contribution in [0.15, 0.2) is 52.3 Å². The van der Waals surface area contributed by atoms with Gasteiger partial charge in [-0.3, -0.25) is 0 Å². The molecule has 0 heterocycles. The van der Waals surface area contributed by atoms with E-state index >= 15 is 0 Å². The Morgan fingerprint density at radius 3 is 2.44 bits per heavy atom. The molecule has 0 saturated carbocycles. The van der Waals surface area contributed by atoms with Crippen molar-refractivity contribution in [2.75, 3.05) is 5.75 Å². The zero-order valence-corrected chi connectivity index (χ0v) is 16.1. The summed E-state index contributed by atoms with van der Waals surface area (Å²) in [6.07, 6.45) is 2.33. The molecule has 7 heteroatoms. The maximum atomic E-state index is 12.1. The molecular formula is C18H19ClO4S2. The first-order valence-corrected chi connectivity index (χ1v) is 11.1. The average molecular weight is 399 g/mol. The number of hydrogen-bond donors (Lipinski definition) is 1. The fourth-order valence-electron chi connectivity index (χ4n) is 2.39. The summed E-state index contributed by atoms with van der Waals surface area (Å²) < 4.78 is 24.1. The van der Waals surface area contributed by atoms with Gasteiger partial charge in [-0.2, -0.15) is 0 Å². The Kier molecular flexibility index (Phi) is 6.93. The monoisotopic (exact) mass is 398 g/mol. The molecule has 0 radical (unpaired) electrons. The van der Waals surface area contributed by atoms with Gasteiger partial charge in [0.05, 0.1) is 10.5 Å². The van der Waals surface area contributed by atoms with Gasteiger partial charge in [-0.1, -0.05) is 43.7 Å². The molecule has 0 aliphatic rings. The highest BCUT2D eigenvalue weighted by Crippen LogP contribution is 2.34. The van der Waals surface area contributed by atoms with Crippen molar-refractivity contribution in [1.82, 2.24) is 0 Å². The molecule has 134 valence electrons. The van der Waals surface area contributed by atoms with E-state index in [1.165, 1.54) is 17.8 Å². The van der Waals surface area contributed by atoms with Gasteiger partial charge in [0.1, 0.15) is 0 Å². The number of carboxylic acids is 1. The van der Waals surface area contributed by atoms with Gasteiger partial charge in [0.2, 0.25) is 0 Å². The van der Waals surface area contributed by atoms with Gasteiger partial charge in [-0.15, -0.1) is 11.8 Å². The molecule has 2 aromatic rings. The lowest BCUT2D eigenvalue weighted by molar-refractivity contribution is 0.0696. The highest BCUT2D eigenvalue weighted by atomic mass is 35.7. The minimum absolute atomic E-state index is 0.0740. The van der Waals surface area contributed by atoms with E-state index in [0.29, 0.717) is 16.9 Å². The Morgan fingerprint density at radius 1 is 1.20 bits per heavy atom. The maximum Gasteiger partial charge on any atom is 0.335 e. The third-order valence-electron chi connectivity index (χ3n) is 3.66. The lowest BCUT2D eigenvalue weighted by atomic mass is 10.0. The summed E-state index contributed by atoms with van der Waals surface area (Å²) >= 11 is 1.47. The van der Waals surface area contributed by atoms with Crippen molar-refractivity contribution >= 4 is 37.5 Å². The maximum absolute atomic E-state index is 12.1. The van der Waals surface area contributed by atoms with E-state index < -0.39 is 15.0 Å². The van der Waals surface area contributed by atoms with Crippen LogP contribution in [0.1, 0.15) is 41.3 Å². The summed E-state index contributed by atoms with van der Waals surface area (Å²) in [7, 11) is 1.54. The van der Waals surface area contributed by atoms with Crippen LogP contribution in [0.25, 0.3) is 0 Å². The van der Waals surface area contributed by atoms with Gasteiger partial charge in [0.25, 0.3) is 9.05 Å². The Morgan fingerprint density at radius 2 is 1.88 bits per heavy atom. The van der Waals surface area contributed by atoms with Crippen LogP contribution in [-0.4, -0.2) is 25.2 Å². The molecule has 4 nitrogen and oxygen atoms in total. The third kappa shape index (κ3) is 5.49. The zero-order valence-electron chi connectivity index (χ0n) is 13.7. The van der Waals surface area contributed by atoms with Crippen molar-refractivity contribution in [2.24, 2.45) is 0 Å². The minimum atomic E-state index is -4.07. The molecule has 25 heavy (non-hydrogen) atoms. The van der Waals surface area contributed by atoms with Crippen LogP contribution >= 0.6 is 22.4 Å². The molecule has 0 bridgehead atoms. The van der Waals surface area contributed by atoms with Crippen molar-refractivity contribution in [3.05, 3.63) is 59.2 Å². The number of carboxylic acid groups (broad SMARTS) is 1. The van der Waals surface area contributed by atoms with Crippen molar-refractivity contribution in [3.63, 3.8) is 0 Å². The number of halogens is 1. The zero-order chi connectivity index (χ0) is 18.4. The van der Waals surface area contributed by atoms with Gasteiger partial charge >= 0.3 is 5.97 Å². The fourth-order valence-corrected chi connectivity index (χ4v) is 4.83. The molecule has 0 saturated heterocycles. The highest BCUT2D eigenvalue weighted by molar-refractivity contribution is 8.13. The first-order valence-electron chi connectivity index (χ1n) is 7.84. The highest BCUT2D eigenvalue weighted by Gasteiger charge is 2.22. The molecule has 0 aliphatic carbocycles. The van der Waals surface area contributed by atoms with Crippen molar-refractivity contribution in [2.45, 2.75) is 36.0 Å². The topological polar surface area (TPSA) is 71.4 Å². The summed E-state index contributed by atoms with van der Waals surface area (Å²) in [4.78, 5) is 11.9. The number of rotatable bonds is 8. The summed E-state index contributed by atoms with van der Waals surface area (Å²) in [5.41, 5.74) is 1.41. The normalized spacial score (nSPS) is 11.4. The number of aromatic carboxylic acids is 1. The lowest BCUT2D eigenvalue weighted by Gasteiger charge is -2.14. The molecule has 0 atom stereocenters. The molecule has 0 fully saturated rings. The van der Waals surface area contributed by atoms with Crippen LogP contribution in [0.5, 0.6) is 0 Å². The van der Waals surface area contributed by atoms with E-state index in [0.717, 1.165) is 30.2 Å². The molecular weight excluding hydrogens is 380 g/mol. The first kappa shape index (κ1) is 19.8. The van der Waals surface area contributed by atoms with E-state index in [-0.39, 0.29) is 10.5 Å². The fraction of sp³-hybridized carbons (Fsp3) is 0.278. The van der Waals surface area contributed by atoms with Crippen LogP contribution in [0, 0.1) is 0 Å². The van der Waals surface area contributed by atoms with Crippen LogP contribution in [0.4, 0.5) is 0 Å². The smallest absolute Gasteiger partial charge is 0.335 e. The summed E-state index contributed by atoms with van der Waals surface area (Å²) in [5, 5.41) is 9.30. The van der Waals surface area contributed by atoms with Crippen LogP contribution in [0.3, 0.4) is 0 Å². The standard InChI is InChI=1S/C18H19ClO4S2/c1-2-3-9-24-16-11-14(18(20)21)12-17(25(19,22)23)15(16)10-13-7-5-4-6-8-13/h4-8,11-12H,2-3,9-10H2,1H3,(H,20,21). The Hall–Kier alpha value is -1.50. The molecule has 0 spiro atoms. The molecule has 0 unspecified atom stereocenters. The van der Waals surface area contributed by atoms with E-state index in [1.807, 2.05) is 30.3 Å². The van der Waals surface area contributed by atoms with Gasteiger partial charge in [0.15, 0.2) is 0 Å². The summed E-state index contributed by atoms with van der Waals surface area (Å²) in [5.74, 6) is -0.395. The second-order valence-corrected chi connectivity index (χ2v) is 9.23. The SMILES string of the molecule is CCCCSc1cc(C(=O)O)cc(S(=O)(=O)Cl)c1Cc1ccccc1. The minimum Gasteiger partial charge on any atom is -0.478 e. The molecule has 0 aliphatic heterocycles. The summed E-state index contributed by atoms with van der Waals surface area (Å²) in [6, 6.07) is 12.1. The van der Waals surface area contributed by atoms with Crippen LogP contribution in [0.2, 0.25) is 0 Å². The Labute approximate surface area is 156 Å². The molecule has 2 aromatic carbocycles. The molecule has 2 rings (SSSR count). The number of thioether (sulfide) groups is 1. The predicted octanol–water partition coefficient (Wildman–Crippen LogP) is 4.80. The van der Waals surface area contributed by atoms with E-state index in [2.05, 4.69) is 6.92 Å². The quantitative estimate of drug-likeness (QED) is 0.393. The second-order valence-electron chi connectivity index (χ2n) is 5.56. The van der Waals surface area contributed by atoms with Crippen molar-refractivity contribution in [1.29, 1.82) is 0 Å². The van der Waals surface area contributed by atoms with Gasteiger partial charge < -0.3 is 5.11 Å².